The zero-order valence-corrected chi connectivity index (χ0v) is 15.3. The predicted octanol–water partition coefficient (Wildman–Crippen LogP) is 1.34. The lowest BCUT2D eigenvalue weighted by atomic mass is 10.1. The van der Waals surface area contributed by atoms with Crippen LogP contribution in [0, 0.1) is 5.92 Å². The number of pyridine rings is 1. The van der Waals surface area contributed by atoms with Gasteiger partial charge in [0.1, 0.15) is 11.3 Å². The van der Waals surface area contributed by atoms with Crippen molar-refractivity contribution in [2.75, 3.05) is 56.2 Å². The number of ether oxygens (including phenoxy) is 1. The first-order chi connectivity index (χ1) is 12.8. The number of piperazine rings is 1. The Bertz CT molecular complexity index is 709. The molecule has 0 radical (unpaired) electrons. The fourth-order valence-corrected chi connectivity index (χ4v) is 3.80. The van der Waals surface area contributed by atoms with Crippen LogP contribution in [0.3, 0.4) is 0 Å². The maximum atomic E-state index is 12.2. The molecule has 0 bridgehead atoms. The number of amides is 1. The number of nitrogens with zero attached hydrogens (tertiary/aromatic N) is 5. The van der Waals surface area contributed by atoms with Crippen LogP contribution in [0.15, 0.2) is 23.8 Å². The molecule has 9 heteroatoms. The molecular weight excluding hydrogens is 352 g/mol. The van der Waals surface area contributed by atoms with Gasteiger partial charge < -0.3 is 9.64 Å². The fourth-order valence-electron chi connectivity index (χ4n) is 3.36. The van der Waals surface area contributed by atoms with Gasteiger partial charge in [0.25, 0.3) is 5.91 Å². The SMILES string of the molecule is O=C(Nc1nncs1)c1ccc(N2CCN(CC3CCOC3)CC2)nc1. The van der Waals surface area contributed by atoms with Crippen LogP contribution in [0.4, 0.5) is 10.9 Å². The first kappa shape index (κ1) is 17.3. The summed E-state index contributed by atoms with van der Waals surface area (Å²) >= 11 is 1.29. The minimum absolute atomic E-state index is 0.218. The van der Waals surface area contributed by atoms with Gasteiger partial charge in [-0.15, -0.1) is 10.2 Å². The maximum Gasteiger partial charge on any atom is 0.259 e. The van der Waals surface area contributed by atoms with Crippen molar-refractivity contribution in [1.29, 1.82) is 0 Å². The number of carbonyl (C=O) groups is 1. The molecule has 4 rings (SSSR count). The number of anilines is 2. The van der Waals surface area contributed by atoms with Crippen molar-refractivity contribution >= 4 is 28.2 Å². The standard InChI is InChI=1S/C17H22N6O2S/c24-16(20-17-21-19-12-26-17)14-1-2-15(18-9-14)23-6-4-22(5-7-23)10-13-3-8-25-11-13/h1-2,9,12-13H,3-8,10-11H2,(H,20,21,24). The molecule has 2 aromatic rings. The molecule has 2 fully saturated rings. The van der Waals surface area contributed by atoms with Gasteiger partial charge in [-0.25, -0.2) is 4.98 Å². The molecule has 0 saturated carbocycles. The number of carbonyl (C=O) groups excluding carboxylic acids is 1. The maximum absolute atomic E-state index is 12.2. The average molecular weight is 374 g/mol. The summed E-state index contributed by atoms with van der Waals surface area (Å²) in [5, 5.41) is 10.7. The van der Waals surface area contributed by atoms with Crippen LogP contribution in [0.1, 0.15) is 16.8 Å². The molecule has 26 heavy (non-hydrogen) atoms. The molecular formula is C17H22N6O2S. The molecule has 1 N–H and O–H groups in total. The van der Waals surface area contributed by atoms with Gasteiger partial charge in [-0.3, -0.25) is 15.0 Å². The van der Waals surface area contributed by atoms with Gasteiger partial charge in [0.15, 0.2) is 0 Å². The van der Waals surface area contributed by atoms with Gasteiger partial charge in [0, 0.05) is 45.5 Å². The lowest BCUT2D eigenvalue weighted by Gasteiger charge is -2.36. The van der Waals surface area contributed by atoms with Crippen LogP contribution in [0.2, 0.25) is 0 Å². The zero-order valence-electron chi connectivity index (χ0n) is 14.5. The average Bonchev–Trinajstić information content (AvgIpc) is 3.37. The normalized spacial score (nSPS) is 21.1. The minimum Gasteiger partial charge on any atom is -0.381 e. The summed E-state index contributed by atoms with van der Waals surface area (Å²) in [5.41, 5.74) is 2.10. The van der Waals surface area contributed by atoms with E-state index in [2.05, 4.69) is 30.3 Å². The number of hydrogen-bond acceptors (Lipinski definition) is 8. The second-order valence-electron chi connectivity index (χ2n) is 6.62. The van der Waals surface area contributed by atoms with E-state index in [1.54, 1.807) is 17.8 Å². The molecule has 0 aromatic carbocycles. The molecule has 0 aliphatic carbocycles. The van der Waals surface area contributed by atoms with Gasteiger partial charge in [0.2, 0.25) is 5.13 Å². The number of nitrogens with one attached hydrogen (secondary N) is 1. The molecule has 2 aliphatic rings. The Morgan fingerprint density at radius 2 is 2.19 bits per heavy atom. The summed E-state index contributed by atoms with van der Waals surface area (Å²) in [6, 6.07) is 3.72. The monoisotopic (exact) mass is 374 g/mol. The van der Waals surface area contributed by atoms with Crippen LogP contribution < -0.4 is 10.2 Å². The van der Waals surface area contributed by atoms with E-state index in [1.807, 2.05) is 6.07 Å². The van der Waals surface area contributed by atoms with Crippen molar-refractivity contribution in [2.45, 2.75) is 6.42 Å². The Kier molecular flexibility index (Phi) is 5.37. The minimum atomic E-state index is -0.218. The Balaban J connectivity index is 1.29. The predicted molar refractivity (Wildman–Crippen MR) is 99.7 cm³/mol. The van der Waals surface area contributed by atoms with Crippen molar-refractivity contribution in [3.05, 3.63) is 29.4 Å². The van der Waals surface area contributed by atoms with Gasteiger partial charge in [-0.05, 0) is 24.5 Å². The molecule has 4 heterocycles. The Hall–Kier alpha value is -2.10. The second-order valence-corrected chi connectivity index (χ2v) is 7.45. The number of hydrogen-bond donors (Lipinski definition) is 1. The van der Waals surface area contributed by atoms with Crippen LogP contribution in [-0.2, 0) is 4.74 Å². The van der Waals surface area contributed by atoms with E-state index in [-0.39, 0.29) is 5.91 Å². The van der Waals surface area contributed by atoms with E-state index in [9.17, 15) is 4.79 Å². The van der Waals surface area contributed by atoms with Crippen molar-refractivity contribution in [2.24, 2.45) is 5.92 Å². The molecule has 2 aliphatic heterocycles. The lowest BCUT2D eigenvalue weighted by molar-refractivity contribution is 0.102. The van der Waals surface area contributed by atoms with Gasteiger partial charge in [-0.1, -0.05) is 11.3 Å². The van der Waals surface area contributed by atoms with E-state index in [4.69, 9.17) is 4.74 Å². The molecule has 1 amide bonds. The largest absolute Gasteiger partial charge is 0.381 e. The number of aromatic nitrogens is 3. The van der Waals surface area contributed by atoms with E-state index in [1.165, 1.54) is 17.8 Å². The second kappa shape index (κ2) is 8.07. The third-order valence-corrected chi connectivity index (χ3v) is 5.43. The highest BCUT2D eigenvalue weighted by Crippen LogP contribution is 2.18. The molecule has 2 saturated heterocycles. The number of rotatable bonds is 5. The molecule has 1 unspecified atom stereocenters. The molecule has 8 nitrogen and oxygen atoms in total. The summed E-state index contributed by atoms with van der Waals surface area (Å²) in [4.78, 5) is 21.4. The molecule has 138 valence electrons. The summed E-state index contributed by atoms with van der Waals surface area (Å²) in [5.74, 6) is 1.39. The van der Waals surface area contributed by atoms with Crippen molar-refractivity contribution in [3.8, 4) is 0 Å². The van der Waals surface area contributed by atoms with E-state index in [0.717, 1.165) is 51.8 Å². The van der Waals surface area contributed by atoms with Crippen LogP contribution in [0.25, 0.3) is 0 Å². The Morgan fingerprint density at radius 1 is 1.31 bits per heavy atom. The van der Waals surface area contributed by atoms with Crippen molar-refractivity contribution < 1.29 is 9.53 Å². The fraction of sp³-hybridized carbons (Fsp3) is 0.529. The lowest BCUT2D eigenvalue weighted by Crippen LogP contribution is -2.48. The quantitative estimate of drug-likeness (QED) is 0.846. The van der Waals surface area contributed by atoms with E-state index >= 15 is 0 Å². The summed E-state index contributed by atoms with van der Waals surface area (Å²) in [6.07, 6.45) is 2.80. The van der Waals surface area contributed by atoms with Crippen LogP contribution in [0.5, 0.6) is 0 Å². The molecule has 0 spiro atoms. The highest BCUT2D eigenvalue weighted by Gasteiger charge is 2.23. The van der Waals surface area contributed by atoms with Gasteiger partial charge in [-0.2, -0.15) is 0 Å². The first-order valence-electron chi connectivity index (χ1n) is 8.86. The zero-order chi connectivity index (χ0) is 17.8. The summed E-state index contributed by atoms with van der Waals surface area (Å²) in [7, 11) is 0. The van der Waals surface area contributed by atoms with Crippen LogP contribution in [-0.4, -0.2) is 71.9 Å². The van der Waals surface area contributed by atoms with Crippen molar-refractivity contribution in [1.82, 2.24) is 20.1 Å². The topological polar surface area (TPSA) is 83.5 Å². The highest BCUT2D eigenvalue weighted by atomic mass is 32.1. The van der Waals surface area contributed by atoms with Crippen LogP contribution >= 0.6 is 11.3 Å². The summed E-state index contributed by atoms with van der Waals surface area (Å²) in [6.45, 7) is 6.94. The molecule has 1 atom stereocenters. The van der Waals surface area contributed by atoms with Crippen molar-refractivity contribution in [3.63, 3.8) is 0 Å². The third kappa shape index (κ3) is 4.17. The van der Waals surface area contributed by atoms with Gasteiger partial charge in [0.05, 0.1) is 12.2 Å². The third-order valence-electron chi connectivity index (χ3n) is 4.83. The first-order valence-corrected chi connectivity index (χ1v) is 9.74. The summed E-state index contributed by atoms with van der Waals surface area (Å²) < 4.78 is 5.47. The smallest absolute Gasteiger partial charge is 0.259 e. The highest BCUT2D eigenvalue weighted by molar-refractivity contribution is 7.13. The Morgan fingerprint density at radius 3 is 2.85 bits per heavy atom. The van der Waals surface area contributed by atoms with E-state index < -0.39 is 0 Å². The molecule has 2 aromatic heterocycles. The van der Waals surface area contributed by atoms with E-state index in [0.29, 0.717) is 16.6 Å². The van der Waals surface area contributed by atoms with Gasteiger partial charge >= 0.3 is 0 Å². The Labute approximate surface area is 156 Å².